The molecular formula is C24H31N5O2. The molecule has 0 saturated carbocycles. The third-order valence-electron chi connectivity index (χ3n) is 6.43. The maximum absolute atomic E-state index is 6.03. The largest absolute Gasteiger partial charge is 0.477 e. The maximum Gasteiger partial charge on any atom is 0.213 e. The van der Waals surface area contributed by atoms with Crippen LogP contribution in [0.2, 0.25) is 0 Å². The second-order valence-electron chi connectivity index (χ2n) is 9.09. The lowest BCUT2D eigenvalue weighted by molar-refractivity contribution is 0.0716. The molecular weight excluding hydrogens is 390 g/mol. The minimum absolute atomic E-state index is 0.555. The summed E-state index contributed by atoms with van der Waals surface area (Å²) in [4.78, 5) is 11.6. The van der Waals surface area contributed by atoms with Crippen molar-refractivity contribution in [2.75, 3.05) is 51.8 Å². The maximum atomic E-state index is 6.03. The Morgan fingerprint density at radius 1 is 1.10 bits per heavy atom. The van der Waals surface area contributed by atoms with E-state index in [1.54, 1.807) is 0 Å². The van der Waals surface area contributed by atoms with E-state index in [2.05, 4.69) is 57.1 Å². The van der Waals surface area contributed by atoms with Crippen LogP contribution in [0.3, 0.4) is 0 Å². The molecule has 2 aliphatic rings. The highest BCUT2D eigenvalue weighted by Crippen LogP contribution is 2.31. The van der Waals surface area contributed by atoms with Gasteiger partial charge in [-0.15, -0.1) is 0 Å². The van der Waals surface area contributed by atoms with E-state index in [-0.39, 0.29) is 0 Å². The van der Waals surface area contributed by atoms with Crippen LogP contribution in [0.25, 0.3) is 11.0 Å². The summed E-state index contributed by atoms with van der Waals surface area (Å²) in [6, 6.07) is 12.8. The first kappa shape index (κ1) is 20.3. The molecule has 2 atom stereocenters. The van der Waals surface area contributed by atoms with E-state index in [4.69, 9.17) is 9.26 Å². The Hall–Kier alpha value is -2.64. The van der Waals surface area contributed by atoms with Crippen molar-refractivity contribution in [1.29, 1.82) is 0 Å². The molecule has 0 N–H and O–H groups in total. The Bertz CT molecular complexity index is 1000. The van der Waals surface area contributed by atoms with Gasteiger partial charge < -0.3 is 19.1 Å². The molecule has 7 heteroatoms. The molecule has 3 aromatic rings. The van der Waals surface area contributed by atoms with Gasteiger partial charge in [-0.2, -0.15) is 0 Å². The van der Waals surface area contributed by atoms with Gasteiger partial charge in [0.2, 0.25) is 5.88 Å². The average Bonchev–Trinajstić information content (AvgIpc) is 3.22. The van der Waals surface area contributed by atoms with Crippen molar-refractivity contribution < 1.29 is 9.26 Å². The van der Waals surface area contributed by atoms with Crippen molar-refractivity contribution in [2.24, 2.45) is 5.92 Å². The van der Waals surface area contributed by atoms with E-state index in [1.807, 2.05) is 24.4 Å². The predicted octanol–water partition coefficient (Wildman–Crippen LogP) is 3.26. The molecule has 0 radical (unpaired) electrons. The molecule has 1 aromatic carbocycles. The fraction of sp³-hybridized carbons (Fsp3) is 0.500. The zero-order valence-corrected chi connectivity index (χ0v) is 18.4. The molecule has 2 aliphatic heterocycles. The van der Waals surface area contributed by atoms with Crippen molar-refractivity contribution in [3.63, 3.8) is 0 Å². The van der Waals surface area contributed by atoms with E-state index in [0.29, 0.717) is 12.0 Å². The Morgan fingerprint density at radius 2 is 2.00 bits per heavy atom. The van der Waals surface area contributed by atoms with Crippen LogP contribution in [0.1, 0.15) is 18.4 Å². The number of piperidine rings is 1. The molecule has 0 amide bonds. The Balaban J connectivity index is 1.14. The van der Waals surface area contributed by atoms with Crippen molar-refractivity contribution in [2.45, 2.75) is 25.4 Å². The van der Waals surface area contributed by atoms with Gasteiger partial charge in [-0.3, -0.25) is 4.90 Å². The van der Waals surface area contributed by atoms with Crippen LogP contribution in [0.5, 0.6) is 5.88 Å². The molecule has 2 fully saturated rings. The Morgan fingerprint density at radius 3 is 2.84 bits per heavy atom. The predicted molar refractivity (Wildman–Crippen MR) is 121 cm³/mol. The second-order valence-corrected chi connectivity index (χ2v) is 9.09. The number of hydrogen-bond acceptors (Lipinski definition) is 7. The number of fused-ring (bicyclic) bond motifs is 2. The summed E-state index contributed by atoms with van der Waals surface area (Å²) >= 11 is 0. The minimum atomic E-state index is 0.555. The van der Waals surface area contributed by atoms with Crippen LogP contribution in [-0.4, -0.2) is 72.9 Å². The van der Waals surface area contributed by atoms with E-state index in [0.717, 1.165) is 62.0 Å². The van der Waals surface area contributed by atoms with Gasteiger partial charge in [0, 0.05) is 56.9 Å². The third-order valence-corrected chi connectivity index (χ3v) is 6.43. The van der Waals surface area contributed by atoms with Crippen LogP contribution in [-0.2, 0) is 6.54 Å². The fourth-order valence-electron chi connectivity index (χ4n) is 4.85. The molecule has 7 nitrogen and oxygen atoms in total. The summed E-state index contributed by atoms with van der Waals surface area (Å²) in [5, 5.41) is 5.47. The van der Waals surface area contributed by atoms with Crippen molar-refractivity contribution in [1.82, 2.24) is 19.9 Å². The smallest absolute Gasteiger partial charge is 0.213 e. The van der Waals surface area contributed by atoms with Crippen LogP contribution in [0, 0.1) is 5.92 Å². The Kier molecular flexibility index (Phi) is 5.78. The molecule has 4 heterocycles. The van der Waals surface area contributed by atoms with E-state index >= 15 is 0 Å². The molecule has 164 valence electrons. The number of aromatic nitrogens is 2. The van der Waals surface area contributed by atoms with Crippen molar-refractivity contribution >= 4 is 16.8 Å². The molecule has 31 heavy (non-hydrogen) atoms. The highest BCUT2D eigenvalue weighted by molar-refractivity contribution is 5.88. The van der Waals surface area contributed by atoms with Gasteiger partial charge in [0.25, 0.3) is 0 Å². The molecule has 0 spiro atoms. The summed E-state index contributed by atoms with van der Waals surface area (Å²) in [7, 11) is 4.13. The summed E-state index contributed by atoms with van der Waals surface area (Å²) in [6.07, 6.45) is 4.29. The third kappa shape index (κ3) is 4.52. The number of piperazine rings is 1. The van der Waals surface area contributed by atoms with Gasteiger partial charge in [-0.25, -0.2) is 4.98 Å². The van der Waals surface area contributed by atoms with E-state index in [1.165, 1.54) is 18.4 Å². The van der Waals surface area contributed by atoms with Gasteiger partial charge in [0.1, 0.15) is 0 Å². The van der Waals surface area contributed by atoms with Crippen LogP contribution in [0.15, 0.2) is 47.1 Å². The zero-order valence-electron chi connectivity index (χ0n) is 18.4. The molecule has 5 rings (SSSR count). The van der Waals surface area contributed by atoms with Gasteiger partial charge in [0.05, 0.1) is 12.0 Å². The number of benzene rings is 1. The molecule has 2 saturated heterocycles. The number of pyridine rings is 1. The highest BCUT2D eigenvalue weighted by atomic mass is 16.5. The first-order valence-electron chi connectivity index (χ1n) is 11.2. The van der Waals surface area contributed by atoms with E-state index < -0.39 is 0 Å². The number of para-hydroxylation sites is 1. The van der Waals surface area contributed by atoms with Gasteiger partial charge in [0.15, 0.2) is 11.4 Å². The summed E-state index contributed by atoms with van der Waals surface area (Å²) in [5.74, 6) is 2.27. The lowest BCUT2D eigenvalue weighted by Gasteiger charge is -2.46. The standard InChI is InChI=1S/C24H31N5O2/c1-27(2)14-18-8-10-23(25-13-18)30-17-19-7-9-20-16-29(12-11-28(20)15-19)24-21-5-3-4-6-22(21)31-26-24/h3-6,8,10,13,19-20H,7,9,11-12,14-17H2,1-2H3/t19-,20-/m1/s1. The van der Waals surface area contributed by atoms with Gasteiger partial charge in [-0.1, -0.05) is 23.4 Å². The monoisotopic (exact) mass is 421 g/mol. The van der Waals surface area contributed by atoms with Gasteiger partial charge in [-0.05, 0) is 44.6 Å². The fourth-order valence-corrected chi connectivity index (χ4v) is 4.85. The zero-order chi connectivity index (χ0) is 21.2. The number of hydrogen-bond donors (Lipinski definition) is 0. The molecule has 0 bridgehead atoms. The summed E-state index contributed by atoms with van der Waals surface area (Å²) < 4.78 is 11.6. The lowest BCUT2D eigenvalue weighted by atomic mass is 9.91. The number of anilines is 1. The average molecular weight is 422 g/mol. The number of ether oxygens (including phenoxy) is 1. The van der Waals surface area contributed by atoms with Crippen molar-refractivity contribution in [3.8, 4) is 5.88 Å². The lowest BCUT2D eigenvalue weighted by Crippen LogP contribution is -2.57. The van der Waals surface area contributed by atoms with E-state index in [9.17, 15) is 0 Å². The first-order valence-corrected chi connectivity index (χ1v) is 11.2. The minimum Gasteiger partial charge on any atom is -0.477 e. The normalized spacial score (nSPS) is 22.1. The van der Waals surface area contributed by atoms with Crippen LogP contribution < -0.4 is 9.64 Å². The Labute approximate surface area is 183 Å². The number of nitrogens with zero attached hydrogens (tertiary/aromatic N) is 5. The summed E-state index contributed by atoms with van der Waals surface area (Å²) in [6.45, 7) is 5.78. The topological polar surface area (TPSA) is 57.9 Å². The van der Waals surface area contributed by atoms with Gasteiger partial charge >= 0.3 is 0 Å². The first-order chi connectivity index (χ1) is 15.2. The summed E-state index contributed by atoms with van der Waals surface area (Å²) in [5.41, 5.74) is 2.07. The molecule has 2 aromatic heterocycles. The van der Waals surface area contributed by atoms with Crippen LogP contribution >= 0.6 is 0 Å². The quantitative estimate of drug-likeness (QED) is 0.605. The number of rotatable bonds is 6. The van der Waals surface area contributed by atoms with Crippen LogP contribution in [0.4, 0.5) is 5.82 Å². The SMILES string of the molecule is CN(C)Cc1ccc(OC[C@@H]2CC[C@@H]3CN(c4noc5ccccc45)CCN3C2)nc1. The second kappa shape index (κ2) is 8.85. The van der Waals surface area contributed by atoms with Crippen molar-refractivity contribution in [3.05, 3.63) is 48.2 Å². The molecule has 0 aliphatic carbocycles. The highest BCUT2D eigenvalue weighted by Gasteiger charge is 2.34. The molecule has 0 unspecified atom stereocenters.